The normalized spacial score (nSPS) is 20.2. The van der Waals surface area contributed by atoms with Gasteiger partial charge in [-0.25, -0.2) is 14.9 Å². The average Bonchev–Trinajstić information content (AvgIpc) is 3.58. The van der Waals surface area contributed by atoms with E-state index in [-0.39, 0.29) is 23.7 Å². The van der Waals surface area contributed by atoms with E-state index in [4.69, 9.17) is 19.1 Å². The number of methoxy groups -OCH3 is 1. The molecule has 2 aromatic heterocycles. The smallest absolute Gasteiger partial charge is 0.227 e. The Morgan fingerprint density at radius 2 is 2.03 bits per heavy atom. The summed E-state index contributed by atoms with van der Waals surface area (Å²) in [7, 11) is 1.42. The Bertz CT molecular complexity index is 1470. The Kier molecular flexibility index (Phi) is 5.92. The topological polar surface area (TPSA) is 94.7 Å². The van der Waals surface area contributed by atoms with Crippen molar-refractivity contribution >= 4 is 22.6 Å². The number of halogens is 1. The van der Waals surface area contributed by atoms with Gasteiger partial charge in [-0.1, -0.05) is 11.2 Å². The number of aromatic nitrogens is 3. The maximum absolute atomic E-state index is 14.6. The number of anilines is 1. The number of imidazole rings is 1. The lowest BCUT2D eigenvalue weighted by Crippen LogP contribution is -2.35. The average molecular weight is 506 g/mol. The highest BCUT2D eigenvalue weighted by atomic mass is 19.1. The number of carbonyl (C=O) groups is 1. The van der Waals surface area contributed by atoms with Crippen molar-refractivity contribution in [1.82, 2.24) is 20.2 Å². The lowest BCUT2D eigenvalue weighted by molar-refractivity contribution is -0.117. The number of nitrogens with one attached hydrogen (secondary N) is 1. The molecule has 192 valence electrons. The number of amides is 1. The first-order chi connectivity index (χ1) is 18.0. The van der Waals surface area contributed by atoms with E-state index >= 15 is 0 Å². The van der Waals surface area contributed by atoms with Crippen LogP contribution < -0.4 is 15.1 Å². The molecule has 2 aromatic carbocycles. The second-order valence-corrected chi connectivity index (χ2v) is 9.52. The lowest BCUT2D eigenvalue weighted by atomic mass is 10.0. The molecule has 10 heteroatoms. The molecule has 0 radical (unpaired) electrons. The van der Waals surface area contributed by atoms with Gasteiger partial charge in [-0.3, -0.25) is 4.79 Å². The van der Waals surface area contributed by atoms with Gasteiger partial charge in [0.15, 0.2) is 11.6 Å². The van der Waals surface area contributed by atoms with Crippen molar-refractivity contribution in [2.75, 3.05) is 25.2 Å². The maximum Gasteiger partial charge on any atom is 0.227 e. The molecule has 0 aliphatic carbocycles. The predicted octanol–water partition coefficient (Wildman–Crippen LogP) is 4.79. The van der Waals surface area contributed by atoms with Crippen molar-refractivity contribution in [2.45, 2.75) is 45.2 Å². The monoisotopic (exact) mass is 505 g/mol. The standard InChI is InChI=1S/C27H28FN5O4/c1-15-26(16(2)37-31-15)17-4-6-22-21(12-17)30-27(33(22)19-10-11-36-29-14-19)23-7-9-25(34)32(23)18-5-8-24(35-3)20(28)13-18/h4-6,8,12-13,19,23,29H,7,9-11,14H2,1-3H3/t19?,23-/m0/s1. The molecule has 1 amide bonds. The van der Waals surface area contributed by atoms with Gasteiger partial charge in [-0.05, 0) is 56.5 Å². The van der Waals surface area contributed by atoms with Crippen molar-refractivity contribution < 1.29 is 23.3 Å². The van der Waals surface area contributed by atoms with E-state index in [1.807, 2.05) is 19.9 Å². The van der Waals surface area contributed by atoms with Crippen molar-refractivity contribution in [2.24, 2.45) is 0 Å². The molecule has 0 bridgehead atoms. The third-order valence-electron chi connectivity index (χ3n) is 7.30. The Morgan fingerprint density at radius 3 is 2.73 bits per heavy atom. The fourth-order valence-corrected chi connectivity index (χ4v) is 5.59. The molecule has 0 saturated carbocycles. The van der Waals surface area contributed by atoms with Crippen LogP contribution in [0.1, 0.15) is 48.6 Å². The van der Waals surface area contributed by atoms with Crippen LogP contribution in [0.5, 0.6) is 5.75 Å². The molecule has 37 heavy (non-hydrogen) atoms. The highest BCUT2D eigenvalue weighted by Gasteiger charge is 2.38. The van der Waals surface area contributed by atoms with Crippen LogP contribution in [0, 0.1) is 19.7 Å². The number of nitrogens with zero attached hydrogens (tertiary/aromatic N) is 4. The third-order valence-corrected chi connectivity index (χ3v) is 7.30. The van der Waals surface area contributed by atoms with Crippen LogP contribution in [-0.2, 0) is 9.63 Å². The van der Waals surface area contributed by atoms with E-state index in [0.29, 0.717) is 31.7 Å². The van der Waals surface area contributed by atoms with Gasteiger partial charge < -0.3 is 23.6 Å². The molecule has 4 heterocycles. The summed E-state index contributed by atoms with van der Waals surface area (Å²) in [5, 5.41) is 4.10. The van der Waals surface area contributed by atoms with Gasteiger partial charge >= 0.3 is 0 Å². The number of benzene rings is 2. The Labute approximate surface area is 213 Å². The zero-order valence-corrected chi connectivity index (χ0v) is 21.0. The van der Waals surface area contributed by atoms with E-state index in [2.05, 4.69) is 27.3 Å². The fourth-order valence-electron chi connectivity index (χ4n) is 5.59. The summed E-state index contributed by atoms with van der Waals surface area (Å²) in [6.07, 6.45) is 1.75. The molecule has 9 nitrogen and oxygen atoms in total. The predicted molar refractivity (Wildman–Crippen MR) is 135 cm³/mol. The van der Waals surface area contributed by atoms with Crippen molar-refractivity contribution in [3.63, 3.8) is 0 Å². The van der Waals surface area contributed by atoms with Gasteiger partial charge in [-0.15, -0.1) is 0 Å². The molecule has 2 atom stereocenters. The van der Waals surface area contributed by atoms with Crippen LogP contribution in [0.2, 0.25) is 0 Å². The number of hydrogen-bond donors (Lipinski definition) is 1. The summed E-state index contributed by atoms with van der Waals surface area (Å²) in [6.45, 7) is 5.00. The van der Waals surface area contributed by atoms with Gasteiger partial charge in [-0.2, -0.15) is 0 Å². The summed E-state index contributed by atoms with van der Waals surface area (Å²) in [4.78, 5) is 25.3. The van der Waals surface area contributed by atoms with Crippen LogP contribution in [0.4, 0.5) is 10.1 Å². The number of rotatable bonds is 5. The maximum atomic E-state index is 14.6. The number of aryl methyl sites for hydroxylation is 2. The minimum absolute atomic E-state index is 0.0605. The molecule has 2 aliphatic rings. The van der Waals surface area contributed by atoms with Gasteiger partial charge in [0.2, 0.25) is 5.91 Å². The summed E-state index contributed by atoms with van der Waals surface area (Å²) in [6, 6.07) is 10.5. The molecule has 2 saturated heterocycles. The minimum Gasteiger partial charge on any atom is -0.494 e. The second-order valence-electron chi connectivity index (χ2n) is 9.52. The van der Waals surface area contributed by atoms with Crippen LogP contribution in [-0.4, -0.2) is 40.9 Å². The Balaban J connectivity index is 1.49. The summed E-state index contributed by atoms with van der Waals surface area (Å²) >= 11 is 0. The fraction of sp³-hybridized carbons (Fsp3) is 0.370. The number of fused-ring (bicyclic) bond motifs is 1. The summed E-state index contributed by atoms with van der Waals surface area (Å²) < 4.78 is 27.3. The van der Waals surface area contributed by atoms with Crippen LogP contribution in [0.25, 0.3) is 22.2 Å². The summed E-state index contributed by atoms with van der Waals surface area (Å²) in [5.74, 6) is 1.10. The number of carbonyl (C=O) groups excluding carboxylic acids is 1. The highest BCUT2D eigenvalue weighted by molar-refractivity contribution is 5.96. The van der Waals surface area contributed by atoms with Crippen LogP contribution >= 0.6 is 0 Å². The molecule has 6 rings (SSSR count). The number of ether oxygens (including phenoxy) is 1. The van der Waals surface area contributed by atoms with E-state index in [9.17, 15) is 9.18 Å². The first-order valence-corrected chi connectivity index (χ1v) is 12.4. The number of hydrogen-bond acceptors (Lipinski definition) is 7. The van der Waals surface area contributed by atoms with Gasteiger partial charge in [0.05, 0.1) is 42.5 Å². The van der Waals surface area contributed by atoms with Gasteiger partial charge in [0.1, 0.15) is 11.6 Å². The molecular formula is C27H28FN5O4. The van der Waals surface area contributed by atoms with E-state index < -0.39 is 5.82 Å². The first kappa shape index (κ1) is 23.6. The van der Waals surface area contributed by atoms with E-state index in [0.717, 1.165) is 45.9 Å². The molecule has 1 unspecified atom stereocenters. The molecule has 2 fully saturated rings. The Hall–Kier alpha value is -3.76. The Morgan fingerprint density at radius 1 is 1.16 bits per heavy atom. The summed E-state index contributed by atoms with van der Waals surface area (Å²) in [5.41, 5.74) is 8.04. The largest absolute Gasteiger partial charge is 0.494 e. The molecular weight excluding hydrogens is 477 g/mol. The zero-order valence-electron chi connectivity index (χ0n) is 21.0. The third kappa shape index (κ3) is 3.96. The number of hydroxylamine groups is 1. The first-order valence-electron chi connectivity index (χ1n) is 12.4. The second kappa shape index (κ2) is 9.28. The van der Waals surface area contributed by atoms with Crippen LogP contribution in [0.15, 0.2) is 40.9 Å². The molecule has 2 aliphatic heterocycles. The minimum atomic E-state index is -0.510. The zero-order chi connectivity index (χ0) is 25.7. The quantitative estimate of drug-likeness (QED) is 0.417. The SMILES string of the molecule is COc1ccc(N2C(=O)CC[C@H]2c2nc3cc(-c4c(C)noc4C)ccc3n2C2CCONC2)cc1F. The van der Waals surface area contributed by atoms with Crippen molar-refractivity contribution in [1.29, 1.82) is 0 Å². The van der Waals surface area contributed by atoms with E-state index in [1.54, 1.807) is 17.0 Å². The van der Waals surface area contributed by atoms with Gasteiger partial charge in [0, 0.05) is 30.3 Å². The highest BCUT2D eigenvalue weighted by Crippen LogP contribution is 2.41. The molecule has 4 aromatic rings. The lowest BCUT2D eigenvalue weighted by Gasteiger charge is -2.30. The molecule has 1 N–H and O–H groups in total. The van der Waals surface area contributed by atoms with Crippen molar-refractivity contribution in [3.05, 3.63) is 59.5 Å². The van der Waals surface area contributed by atoms with Crippen molar-refractivity contribution in [3.8, 4) is 16.9 Å². The van der Waals surface area contributed by atoms with Gasteiger partial charge in [0.25, 0.3) is 0 Å². The van der Waals surface area contributed by atoms with Crippen LogP contribution in [0.3, 0.4) is 0 Å². The van der Waals surface area contributed by atoms with E-state index in [1.165, 1.54) is 13.2 Å². The molecule has 0 spiro atoms.